The van der Waals surface area contributed by atoms with Gasteiger partial charge in [0.15, 0.2) is 37.7 Å². The van der Waals surface area contributed by atoms with E-state index in [1.54, 1.807) is 6.92 Å². The number of aromatic hydroxyl groups is 4. The van der Waals surface area contributed by atoms with Crippen LogP contribution in [0, 0.1) is 0 Å². The second kappa shape index (κ2) is 25.2. The lowest BCUT2D eigenvalue weighted by Crippen LogP contribution is -2.57. The summed E-state index contributed by atoms with van der Waals surface area (Å²) in [4.78, 5) is 33.1. The maximum absolute atomic E-state index is 14.6. The summed E-state index contributed by atoms with van der Waals surface area (Å²) in [6.45, 7) is 12.9. The van der Waals surface area contributed by atoms with Gasteiger partial charge in [-0.2, -0.15) is 0 Å². The summed E-state index contributed by atoms with van der Waals surface area (Å²) in [7, 11) is 7.62. The smallest absolute Gasteiger partial charge is 0.202 e. The van der Waals surface area contributed by atoms with Gasteiger partial charge in [0.2, 0.25) is 11.6 Å². The van der Waals surface area contributed by atoms with Gasteiger partial charge in [0.25, 0.3) is 0 Å². The molecule has 0 unspecified atom stereocenters. The van der Waals surface area contributed by atoms with Gasteiger partial charge >= 0.3 is 0 Å². The quantitative estimate of drug-likeness (QED) is 0.0933. The number of likely N-dealkylation sites (N-methyl/N-ethyl adjacent to an activating group) is 2. The molecule has 0 bridgehead atoms. The van der Waals surface area contributed by atoms with Gasteiger partial charge in [-0.25, -0.2) is 0 Å². The fourth-order valence-electron chi connectivity index (χ4n) is 13.7. The number of hydrogen-bond acceptors (Lipinski definition) is 23. The maximum atomic E-state index is 14.6. The van der Waals surface area contributed by atoms with Crippen molar-refractivity contribution in [3.05, 3.63) is 45.5 Å². The number of carbonyl (C=O) groups excluding carboxylic acids is 2. The molecule has 6 heterocycles. The monoisotopic (exact) mass is 1170 g/mol. The lowest BCUT2D eigenvalue weighted by molar-refractivity contribution is -0.324. The first-order chi connectivity index (χ1) is 39.4. The first kappa shape index (κ1) is 62.4. The standard InChI is InChI=1S/C60H88N2O21/c1-12-60(71)25-40(80-45-23-32(61(8)9)57(30(6)76-45)81-43-21-17-38(28(4)74-43)78-41-19-15-34(63)26(2)72-41)49-52(56(70)51-50(55(49)69)53(67)47-36(65)13-14-37(66)48(47)54(51)68)59(60)83-46-24-33(62(10)11)58(31(7)77-46)82-44-22-18-39(29(5)75-44)79-42-20-16-35(64)27(3)73-42/h13-14,26-35,38-46,57-59,63-66,69-71H,12,15-25H2,1-11H3/t26-,27-,28-,29-,30-,31-,32-,33-,34-,35-,38-,39-,40-,41-,42-,43-,44-,45-,46-,57+,58+,59+,60+/m0/s1. The number of nitrogens with zero attached hydrogens (tertiary/aromatic N) is 2. The predicted molar refractivity (Wildman–Crippen MR) is 293 cm³/mol. The highest BCUT2D eigenvalue weighted by atomic mass is 16.8. The summed E-state index contributed by atoms with van der Waals surface area (Å²) in [6.07, 6.45) is -7.42. The lowest BCUT2D eigenvalue weighted by Gasteiger charge is -2.50. The molecule has 6 aliphatic heterocycles. The molecular formula is C60H88N2O21. The summed E-state index contributed by atoms with van der Waals surface area (Å²) in [6, 6.07) is 1.43. The van der Waals surface area contributed by atoms with E-state index >= 15 is 0 Å². The Hall–Kier alpha value is -3.70. The summed E-state index contributed by atoms with van der Waals surface area (Å²) in [5.41, 5.74) is -4.66. The van der Waals surface area contributed by atoms with E-state index in [1.807, 2.05) is 79.5 Å². The normalized spacial score (nSPS) is 41.4. The number of rotatable bonds is 15. The number of aliphatic hydroxyl groups is 3. The molecule has 464 valence electrons. The molecule has 2 aliphatic carbocycles. The molecule has 83 heavy (non-hydrogen) atoms. The molecule has 0 aromatic heterocycles. The average molecular weight is 1170 g/mol. The molecule has 23 atom stereocenters. The Morgan fingerprint density at radius 2 is 0.880 bits per heavy atom. The molecule has 2 aromatic rings. The minimum atomic E-state index is -1.90. The molecular weight excluding hydrogens is 1080 g/mol. The van der Waals surface area contributed by atoms with E-state index in [2.05, 4.69) is 0 Å². The fourth-order valence-corrected chi connectivity index (χ4v) is 13.7. The predicted octanol–water partition coefficient (Wildman–Crippen LogP) is 5.44. The van der Waals surface area contributed by atoms with E-state index in [-0.39, 0.29) is 85.5 Å². The number of benzene rings is 2. The Morgan fingerprint density at radius 1 is 0.494 bits per heavy atom. The van der Waals surface area contributed by atoms with Crippen LogP contribution in [-0.4, -0.2) is 214 Å². The van der Waals surface area contributed by atoms with Crippen LogP contribution in [0.3, 0.4) is 0 Å². The van der Waals surface area contributed by atoms with Crippen molar-refractivity contribution in [2.45, 2.75) is 266 Å². The van der Waals surface area contributed by atoms with E-state index in [0.717, 1.165) is 12.1 Å². The number of fused-ring (bicyclic) bond motifs is 3. The third-order valence-corrected chi connectivity index (χ3v) is 18.7. The van der Waals surface area contributed by atoms with Gasteiger partial charge in [-0.1, -0.05) is 6.92 Å². The molecule has 0 amide bonds. The van der Waals surface area contributed by atoms with Crippen molar-refractivity contribution in [2.24, 2.45) is 0 Å². The second-order valence-corrected chi connectivity index (χ2v) is 24.7. The van der Waals surface area contributed by atoms with Crippen molar-refractivity contribution >= 4 is 11.6 Å². The van der Waals surface area contributed by atoms with Gasteiger partial charge in [0, 0.05) is 68.2 Å². The zero-order valence-corrected chi connectivity index (χ0v) is 49.6. The van der Waals surface area contributed by atoms with Crippen LogP contribution < -0.4 is 0 Å². The first-order valence-corrected chi connectivity index (χ1v) is 29.9. The Morgan fingerprint density at radius 3 is 1.29 bits per heavy atom. The number of carbonyl (C=O) groups is 2. The van der Waals surface area contributed by atoms with Crippen LogP contribution in [0.4, 0.5) is 0 Å². The third-order valence-electron chi connectivity index (χ3n) is 18.7. The molecule has 10 rings (SSSR count). The molecule has 0 radical (unpaired) electrons. The van der Waals surface area contributed by atoms with Crippen LogP contribution >= 0.6 is 0 Å². The lowest BCUT2D eigenvalue weighted by atomic mass is 9.70. The Bertz CT molecular complexity index is 2640. The van der Waals surface area contributed by atoms with E-state index in [9.17, 15) is 45.3 Å². The van der Waals surface area contributed by atoms with Crippen molar-refractivity contribution in [1.82, 2.24) is 9.80 Å². The van der Waals surface area contributed by atoms with Crippen LogP contribution in [0.1, 0.15) is 181 Å². The van der Waals surface area contributed by atoms with Gasteiger partial charge in [-0.15, -0.1) is 0 Å². The Labute approximate surface area is 485 Å². The SMILES string of the molecule is CC[C@@]1(O)C[C@H](O[C@H]2C[C@H](N(C)C)[C@H](O[C@H]3CC[C@H](O[C@H]4CC[C@H](O)[C@H](C)O4)[C@H](C)O3)[C@H](C)O2)c2c(O)c3c(c(O)c2[C@H]1O[C@H]1C[C@H](N(C)C)[C@H](O[C@H]2CC[C@H](O[C@H]4CC[C@H](O)[C@H](C)O4)[C@H](C)O2)[C@H](C)O1)C(=O)c1c(O)ccc(O)c1C3=O. The topological polar surface area (TPSA) is 293 Å². The van der Waals surface area contributed by atoms with Crippen molar-refractivity contribution in [3.63, 3.8) is 0 Å². The third kappa shape index (κ3) is 12.5. The molecule has 8 aliphatic rings. The van der Waals surface area contributed by atoms with Crippen LogP contribution in [0.5, 0.6) is 23.0 Å². The van der Waals surface area contributed by atoms with Gasteiger partial charge < -0.3 is 102 Å². The zero-order valence-electron chi connectivity index (χ0n) is 49.6. The van der Waals surface area contributed by atoms with E-state index in [1.165, 1.54) is 0 Å². The van der Waals surface area contributed by atoms with Gasteiger partial charge in [0.05, 0.1) is 95.0 Å². The van der Waals surface area contributed by atoms with Crippen LogP contribution in [0.15, 0.2) is 12.1 Å². The summed E-state index contributed by atoms with van der Waals surface area (Å²) >= 11 is 0. The van der Waals surface area contributed by atoms with Crippen LogP contribution in [0.2, 0.25) is 0 Å². The van der Waals surface area contributed by atoms with Crippen molar-refractivity contribution in [1.29, 1.82) is 0 Å². The fraction of sp³-hybridized carbons (Fsp3) is 0.767. The Balaban J connectivity index is 0.894. The summed E-state index contributed by atoms with van der Waals surface area (Å²) in [5.74, 6) is -4.88. The molecule has 23 heteroatoms. The molecule has 6 saturated heterocycles. The minimum absolute atomic E-state index is 0.000689. The highest BCUT2D eigenvalue weighted by Crippen LogP contribution is 2.59. The number of aliphatic hydroxyl groups excluding tert-OH is 2. The summed E-state index contributed by atoms with van der Waals surface area (Å²) in [5, 5.41) is 80.7. The molecule has 7 N–H and O–H groups in total. The van der Waals surface area contributed by atoms with Crippen LogP contribution in [0.25, 0.3) is 0 Å². The highest BCUT2D eigenvalue weighted by Gasteiger charge is 2.55. The molecule has 0 saturated carbocycles. The van der Waals surface area contributed by atoms with Crippen molar-refractivity contribution in [3.8, 4) is 23.0 Å². The highest BCUT2D eigenvalue weighted by molar-refractivity contribution is 6.32. The van der Waals surface area contributed by atoms with Gasteiger partial charge in [0.1, 0.15) is 41.3 Å². The van der Waals surface area contributed by atoms with Gasteiger partial charge in [-0.3, -0.25) is 9.59 Å². The Kier molecular flexibility index (Phi) is 18.9. The van der Waals surface area contributed by atoms with Crippen LogP contribution in [-0.2, 0) is 56.8 Å². The second-order valence-electron chi connectivity index (χ2n) is 24.7. The average Bonchev–Trinajstić information content (AvgIpc) is 3.07. The first-order valence-electron chi connectivity index (χ1n) is 29.9. The van der Waals surface area contributed by atoms with Crippen molar-refractivity contribution in [2.75, 3.05) is 28.2 Å². The minimum Gasteiger partial charge on any atom is -0.507 e. The summed E-state index contributed by atoms with van der Waals surface area (Å²) < 4.78 is 77.7. The van der Waals surface area contributed by atoms with E-state index in [0.29, 0.717) is 51.4 Å². The molecule has 6 fully saturated rings. The number of ketones is 2. The largest absolute Gasteiger partial charge is 0.507 e. The molecule has 0 spiro atoms. The molecule has 2 aromatic carbocycles. The molecule has 23 nitrogen and oxygen atoms in total. The van der Waals surface area contributed by atoms with Crippen molar-refractivity contribution < 1.29 is 102 Å². The van der Waals surface area contributed by atoms with E-state index in [4.69, 9.17) is 56.8 Å². The number of ether oxygens (including phenoxy) is 12. The van der Waals surface area contributed by atoms with Gasteiger partial charge in [-0.05, 0) is 114 Å². The number of phenolic OH excluding ortho intramolecular Hbond substituents is 4. The zero-order chi connectivity index (χ0) is 59.7. The maximum Gasteiger partial charge on any atom is 0.202 e. The number of hydrogen-bond donors (Lipinski definition) is 7. The van der Waals surface area contributed by atoms with E-state index < -0.39 is 149 Å². The number of phenols is 4.